The van der Waals surface area contributed by atoms with Gasteiger partial charge in [0.15, 0.2) is 0 Å². The van der Waals surface area contributed by atoms with E-state index in [-0.39, 0.29) is 0 Å². The third-order valence-corrected chi connectivity index (χ3v) is 4.07. The molecule has 0 atom stereocenters. The van der Waals surface area contributed by atoms with Crippen LogP contribution in [0.25, 0.3) is 0 Å². The van der Waals surface area contributed by atoms with Crippen LogP contribution >= 0.6 is 0 Å². The predicted octanol–water partition coefficient (Wildman–Crippen LogP) is 2.66. The van der Waals surface area contributed by atoms with Gasteiger partial charge in [-0.05, 0) is 42.2 Å². The van der Waals surface area contributed by atoms with Crippen molar-refractivity contribution in [1.82, 2.24) is 0 Å². The molecule has 104 valence electrons. The van der Waals surface area contributed by atoms with Gasteiger partial charge >= 0.3 is 0 Å². The zero-order valence-electron chi connectivity index (χ0n) is 11.8. The summed E-state index contributed by atoms with van der Waals surface area (Å²) in [5.74, 6) is 1.63. The molecule has 0 heterocycles. The van der Waals surface area contributed by atoms with Crippen LogP contribution in [-0.4, -0.2) is 14.2 Å². The quantitative estimate of drug-likeness (QED) is 0.931. The van der Waals surface area contributed by atoms with Crippen molar-refractivity contribution in [3.8, 4) is 11.5 Å². The monoisotopic (exact) mass is 269 g/mol. The molecule has 0 aliphatic heterocycles. The Bertz CT molecular complexity index is 612. The molecule has 20 heavy (non-hydrogen) atoms. The minimum atomic E-state index is -0.427. The molecule has 1 aliphatic rings. The van der Waals surface area contributed by atoms with Gasteiger partial charge in [0, 0.05) is 5.56 Å². The predicted molar refractivity (Wildman–Crippen MR) is 79.3 cm³/mol. The Morgan fingerprint density at radius 1 is 0.950 bits per heavy atom. The van der Waals surface area contributed by atoms with Gasteiger partial charge in [-0.2, -0.15) is 0 Å². The zero-order chi connectivity index (χ0) is 14.2. The molecule has 0 aromatic heterocycles. The van der Waals surface area contributed by atoms with Gasteiger partial charge in [-0.3, -0.25) is 0 Å². The fourth-order valence-corrected chi connectivity index (χ4v) is 3.04. The van der Waals surface area contributed by atoms with Gasteiger partial charge in [0.2, 0.25) is 0 Å². The van der Waals surface area contributed by atoms with E-state index in [4.69, 9.17) is 15.2 Å². The van der Waals surface area contributed by atoms with Gasteiger partial charge in [-0.25, -0.2) is 0 Å². The molecule has 3 heteroatoms. The van der Waals surface area contributed by atoms with E-state index in [1.807, 2.05) is 18.2 Å². The van der Waals surface area contributed by atoms with Crippen LogP contribution in [0, 0.1) is 0 Å². The van der Waals surface area contributed by atoms with E-state index in [9.17, 15) is 0 Å². The van der Waals surface area contributed by atoms with Gasteiger partial charge in [0.1, 0.15) is 11.5 Å². The second kappa shape index (κ2) is 4.84. The minimum Gasteiger partial charge on any atom is -0.497 e. The summed E-state index contributed by atoms with van der Waals surface area (Å²) in [6, 6.07) is 14.2. The molecule has 3 nitrogen and oxygen atoms in total. The molecule has 0 spiro atoms. The topological polar surface area (TPSA) is 44.5 Å². The first-order chi connectivity index (χ1) is 9.66. The van der Waals surface area contributed by atoms with E-state index < -0.39 is 5.54 Å². The lowest BCUT2D eigenvalue weighted by atomic mass is 9.87. The fourth-order valence-electron chi connectivity index (χ4n) is 3.04. The molecule has 0 fully saturated rings. The number of nitrogens with two attached hydrogens (primary N) is 1. The fraction of sp³-hybridized carbons (Fsp3) is 0.294. The summed E-state index contributed by atoms with van der Waals surface area (Å²) in [7, 11) is 3.34. The second-order valence-electron chi connectivity index (χ2n) is 5.34. The number of hydrogen-bond donors (Lipinski definition) is 1. The van der Waals surface area contributed by atoms with E-state index >= 15 is 0 Å². The molecule has 2 aromatic rings. The Morgan fingerprint density at radius 2 is 1.60 bits per heavy atom. The molecular weight excluding hydrogens is 250 g/mol. The van der Waals surface area contributed by atoms with Crippen molar-refractivity contribution in [2.24, 2.45) is 5.73 Å². The Kier molecular flexibility index (Phi) is 3.14. The van der Waals surface area contributed by atoms with Crippen molar-refractivity contribution in [2.45, 2.75) is 18.4 Å². The first-order valence-corrected chi connectivity index (χ1v) is 6.74. The summed E-state index contributed by atoms with van der Waals surface area (Å²) in [5.41, 5.74) is 9.92. The lowest BCUT2D eigenvalue weighted by Crippen LogP contribution is -2.37. The Labute approximate surface area is 119 Å². The smallest absolute Gasteiger partial charge is 0.124 e. The van der Waals surface area contributed by atoms with Gasteiger partial charge in [0.05, 0.1) is 19.8 Å². The standard InChI is InChI=1S/C17H19NO2/c1-19-14-7-8-16(20-2)15(9-14)17(18)10-12-5-3-4-6-13(12)11-17/h3-9H,10-11,18H2,1-2H3. The van der Waals surface area contributed by atoms with Crippen LogP contribution in [0.1, 0.15) is 16.7 Å². The lowest BCUT2D eigenvalue weighted by molar-refractivity contribution is 0.374. The van der Waals surface area contributed by atoms with Crippen LogP contribution in [0.4, 0.5) is 0 Å². The van der Waals surface area contributed by atoms with Crippen LogP contribution in [0.3, 0.4) is 0 Å². The van der Waals surface area contributed by atoms with E-state index in [1.165, 1.54) is 11.1 Å². The number of methoxy groups -OCH3 is 2. The lowest BCUT2D eigenvalue weighted by Gasteiger charge is -2.26. The molecule has 2 aromatic carbocycles. The molecule has 1 aliphatic carbocycles. The van der Waals surface area contributed by atoms with Gasteiger partial charge in [-0.15, -0.1) is 0 Å². The van der Waals surface area contributed by atoms with E-state index in [0.717, 1.165) is 29.9 Å². The highest BCUT2D eigenvalue weighted by Crippen LogP contribution is 2.40. The van der Waals surface area contributed by atoms with E-state index in [0.29, 0.717) is 0 Å². The summed E-state index contributed by atoms with van der Waals surface area (Å²) < 4.78 is 10.8. The average molecular weight is 269 g/mol. The summed E-state index contributed by atoms with van der Waals surface area (Å²) in [5, 5.41) is 0. The molecule has 3 rings (SSSR count). The molecular formula is C17H19NO2. The number of hydrogen-bond acceptors (Lipinski definition) is 3. The second-order valence-corrected chi connectivity index (χ2v) is 5.34. The third kappa shape index (κ3) is 2.04. The Hall–Kier alpha value is -2.00. The maximum absolute atomic E-state index is 6.70. The molecule has 0 saturated carbocycles. The summed E-state index contributed by atoms with van der Waals surface area (Å²) in [4.78, 5) is 0. The van der Waals surface area contributed by atoms with Crippen LogP contribution in [0.5, 0.6) is 11.5 Å². The molecule has 2 N–H and O–H groups in total. The largest absolute Gasteiger partial charge is 0.497 e. The number of rotatable bonds is 3. The highest BCUT2D eigenvalue weighted by molar-refractivity contribution is 5.49. The first kappa shape index (κ1) is 13.0. The molecule has 0 bridgehead atoms. The zero-order valence-corrected chi connectivity index (χ0v) is 11.8. The van der Waals surface area contributed by atoms with E-state index in [1.54, 1.807) is 14.2 Å². The Morgan fingerprint density at radius 3 is 2.15 bits per heavy atom. The Balaban J connectivity index is 2.05. The molecule has 0 unspecified atom stereocenters. The van der Waals surface area contributed by atoms with Crippen molar-refractivity contribution >= 4 is 0 Å². The van der Waals surface area contributed by atoms with Crippen molar-refractivity contribution in [2.75, 3.05) is 14.2 Å². The SMILES string of the molecule is COc1ccc(OC)c(C2(N)Cc3ccccc3C2)c1. The first-order valence-electron chi connectivity index (χ1n) is 6.74. The number of ether oxygens (including phenoxy) is 2. The molecule has 0 radical (unpaired) electrons. The van der Waals surface area contributed by atoms with Gasteiger partial charge in [-0.1, -0.05) is 24.3 Å². The normalized spacial score (nSPS) is 15.8. The van der Waals surface area contributed by atoms with Crippen molar-refractivity contribution in [3.05, 3.63) is 59.2 Å². The van der Waals surface area contributed by atoms with Crippen LogP contribution < -0.4 is 15.2 Å². The third-order valence-electron chi connectivity index (χ3n) is 4.07. The number of fused-ring (bicyclic) bond motifs is 1. The minimum absolute atomic E-state index is 0.427. The van der Waals surface area contributed by atoms with Crippen molar-refractivity contribution in [3.63, 3.8) is 0 Å². The summed E-state index contributed by atoms with van der Waals surface area (Å²) in [6.07, 6.45) is 1.65. The van der Waals surface area contributed by atoms with Gasteiger partial charge < -0.3 is 15.2 Å². The van der Waals surface area contributed by atoms with Crippen LogP contribution in [0.2, 0.25) is 0 Å². The van der Waals surface area contributed by atoms with Crippen molar-refractivity contribution < 1.29 is 9.47 Å². The van der Waals surface area contributed by atoms with E-state index in [2.05, 4.69) is 24.3 Å². The summed E-state index contributed by atoms with van der Waals surface area (Å²) in [6.45, 7) is 0. The maximum atomic E-state index is 6.70. The summed E-state index contributed by atoms with van der Waals surface area (Å²) >= 11 is 0. The van der Waals surface area contributed by atoms with Crippen LogP contribution in [0.15, 0.2) is 42.5 Å². The highest BCUT2D eigenvalue weighted by atomic mass is 16.5. The maximum Gasteiger partial charge on any atom is 0.124 e. The molecule has 0 saturated heterocycles. The molecule has 0 amide bonds. The average Bonchev–Trinajstić information content (AvgIpc) is 2.83. The van der Waals surface area contributed by atoms with Crippen LogP contribution in [-0.2, 0) is 18.4 Å². The highest BCUT2D eigenvalue weighted by Gasteiger charge is 2.37. The van der Waals surface area contributed by atoms with Crippen molar-refractivity contribution in [1.29, 1.82) is 0 Å². The number of benzene rings is 2. The van der Waals surface area contributed by atoms with Gasteiger partial charge in [0.25, 0.3) is 0 Å².